The van der Waals surface area contributed by atoms with Crippen LogP contribution in [0.1, 0.15) is 23.7 Å². The highest BCUT2D eigenvalue weighted by Gasteiger charge is 2.24. The Morgan fingerprint density at radius 1 is 1.21 bits per heavy atom. The van der Waals surface area contributed by atoms with Crippen LogP contribution in [0, 0.1) is 0 Å². The SMILES string of the molecule is CC(c1nc(N)nc(N(C)C)n1)N1CCN(Cc2cccs2)CC1. The second-order valence-corrected chi connectivity index (χ2v) is 7.35. The van der Waals surface area contributed by atoms with E-state index in [1.165, 1.54) is 4.88 Å². The average molecular weight is 347 g/mol. The summed E-state index contributed by atoms with van der Waals surface area (Å²) < 4.78 is 0. The van der Waals surface area contributed by atoms with Crippen LogP contribution in [0.15, 0.2) is 17.5 Å². The standard InChI is InChI=1S/C16H25N7S/c1-12(14-18-15(17)20-16(19-14)21(2)3)23-8-6-22(7-9-23)11-13-5-4-10-24-13/h4-5,10,12H,6-9,11H2,1-3H3,(H2,17,18,19,20). The maximum absolute atomic E-state index is 5.85. The third kappa shape index (κ3) is 4.00. The second-order valence-electron chi connectivity index (χ2n) is 6.31. The van der Waals surface area contributed by atoms with Gasteiger partial charge in [-0.3, -0.25) is 9.80 Å². The molecule has 0 bridgehead atoms. The Morgan fingerprint density at radius 2 is 1.96 bits per heavy atom. The van der Waals surface area contributed by atoms with Gasteiger partial charge in [-0.2, -0.15) is 15.0 Å². The molecule has 1 unspecified atom stereocenters. The molecule has 1 saturated heterocycles. The molecule has 0 spiro atoms. The molecular weight excluding hydrogens is 322 g/mol. The van der Waals surface area contributed by atoms with E-state index in [1.807, 2.05) is 30.3 Å². The quantitative estimate of drug-likeness (QED) is 0.877. The molecule has 3 heterocycles. The predicted octanol–water partition coefficient (Wildman–Crippen LogP) is 1.46. The van der Waals surface area contributed by atoms with Crippen molar-refractivity contribution in [3.8, 4) is 0 Å². The molecule has 1 aliphatic rings. The molecular formula is C16H25N7S. The molecule has 130 valence electrons. The Morgan fingerprint density at radius 3 is 2.58 bits per heavy atom. The first-order chi connectivity index (χ1) is 11.5. The van der Waals surface area contributed by atoms with Crippen LogP contribution in [0.3, 0.4) is 0 Å². The third-order valence-corrected chi connectivity index (χ3v) is 5.21. The number of piperazine rings is 1. The van der Waals surface area contributed by atoms with Crippen LogP contribution in [0.2, 0.25) is 0 Å². The fraction of sp³-hybridized carbons (Fsp3) is 0.562. The van der Waals surface area contributed by atoms with Crippen LogP contribution in [0.25, 0.3) is 0 Å². The molecule has 8 heteroatoms. The van der Waals surface area contributed by atoms with E-state index in [0.717, 1.165) is 38.5 Å². The largest absolute Gasteiger partial charge is 0.368 e. The van der Waals surface area contributed by atoms with Crippen LogP contribution < -0.4 is 10.6 Å². The first-order valence-corrected chi connectivity index (χ1v) is 9.08. The number of hydrogen-bond acceptors (Lipinski definition) is 8. The summed E-state index contributed by atoms with van der Waals surface area (Å²) in [4.78, 5) is 21.3. The molecule has 2 aromatic rings. The van der Waals surface area contributed by atoms with Gasteiger partial charge in [0.1, 0.15) is 0 Å². The summed E-state index contributed by atoms with van der Waals surface area (Å²) in [6.07, 6.45) is 0. The van der Waals surface area contributed by atoms with E-state index in [2.05, 4.69) is 49.2 Å². The van der Waals surface area contributed by atoms with Crippen molar-refractivity contribution in [3.05, 3.63) is 28.2 Å². The monoisotopic (exact) mass is 347 g/mol. The Balaban J connectivity index is 1.61. The Bertz CT molecular complexity index is 650. The van der Waals surface area contributed by atoms with E-state index < -0.39 is 0 Å². The van der Waals surface area contributed by atoms with Crippen LogP contribution >= 0.6 is 11.3 Å². The van der Waals surface area contributed by atoms with E-state index in [1.54, 1.807) is 0 Å². The molecule has 0 aliphatic carbocycles. The van der Waals surface area contributed by atoms with Crippen LogP contribution in [0.4, 0.5) is 11.9 Å². The van der Waals surface area contributed by atoms with Gasteiger partial charge in [0.25, 0.3) is 0 Å². The van der Waals surface area contributed by atoms with E-state index in [-0.39, 0.29) is 12.0 Å². The molecule has 1 aliphatic heterocycles. The average Bonchev–Trinajstić information content (AvgIpc) is 3.07. The predicted molar refractivity (Wildman–Crippen MR) is 98.2 cm³/mol. The zero-order valence-corrected chi connectivity index (χ0v) is 15.3. The lowest BCUT2D eigenvalue weighted by Crippen LogP contribution is -2.46. The lowest BCUT2D eigenvalue weighted by molar-refractivity contribution is 0.0954. The van der Waals surface area contributed by atoms with Gasteiger partial charge in [-0.25, -0.2) is 0 Å². The minimum atomic E-state index is 0.137. The smallest absolute Gasteiger partial charge is 0.229 e. The van der Waals surface area contributed by atoms with E-state index in [9.17, 15) is 0 Å². The maximum Gasteiger partial charge on any atom is 0.229 e. The van der Waals surface area contributed by atoms with Gasteiger partial charge in [0.15, 0.2) is 5.82 Å². The summed E-state index contributed by atoms with van der Waals surface area (Å²) in [5, 5.41) is 2.14. The molecule has 2 N–H and O–H groups in total. The highest BCUT2D eigenvalue weighted by atomic mass is 32.1. The van der Waals surface area contributed by atoms with Gasteiger partial charge >= 0.3 is 0 Å². The second kappa shape index (κ2) is 7.42. The highest BCUT2D eigenvalue weighted by Crippen LogP contribution is 2.21. The van der Waals surface area contributed by atoms with Crippen molar-refractivity contribution in [2.75, 3.05) is 50.9 Å². The summed E-state index contributed by atoms with van der Waals surface area (Å²) >= 11 is 1.83. The van der Waals surface area contributed by atoms with Gasteiger partial charge in [-0.1, -0.05) is 6.07 Å². The van der Waals surface area contributed by atoms with E-state index >= 15 is 0 Å². The Hall–Kier alpha value is -1.77. The normalized spacial score (nSPS) is 17.8. The van der Waals surface area contributed by atoms with Crippen LogP contribution in [0.5, 0.6) is 0 Å². The summed E-state index contributed by atoms with van der Waals surface area (Å²) in [6, 6.07) is 4.46. The molecule has 0 saturated carbocycles. The summed E-state index contributed by atoms with van der Waals surface area (Å²) in [5.74, 6) is 1.64. The van der Waals surface area contributed by atoms with Gasteiger partial charge in [0, 0.05) is 51.7 Å². The topological polar surface area (TPSA) is 74.4 Å². The molecule has 0 aromatic carbocycles. The molecule has 1 fully saturated rings. The summed E-state index contributed by atoms with van der Waals surface area (Å²) in [5.41, 5.74) is 5.85. The number of rotatable bonds is 5. The molecule has 24 heavy (non-hydrogen) atoms. The molecule has 0 radical (unpaired) electrons. The zero-order valence-electron chi connectivity index (χ0n) is 14.5. The van der Waals surface area contributed by atoms with Crippen molar-refractivity contribution in [1.82, 2.24) is 24.8 Å². The van der Waals surface area contributed by atoms with Crippen LogP contribution in [-0.4, -0.2) is 65.0 Å². The van der Waals surface area contributed by atoms with Crippen molar-refractivity contribution in [2.45, 2.75) is 19.5 Å². The number of thiophene rings is 1. The fourth-order valence-corrected chi connectivity index (χ4v) is 3.63. The number of nitrogens with two attached hydrogens (primary N) is 1. The van der Waals surface area contributed by atoms with Crippen LogP contribution in [-0.2, 0) is 6.54 Å². The zero-order chi connectivity index (χ0) is 17.1. The number of aromatic nitrogens is 3. The number of nitrogens with zero attached hydrogens (tertiary/aromatic N) is 6. The van der Waals surface area contributed by atoms with Gasteiger partial charge in [0.2, 0.25) is 11.9 Å². The fourth-order valence-electron chi connectivity index (χ4n) is 2.88. The van der Waals surface area contributed by atoms with E-state index in [0.29, 0.717) is 5.95 Å². The Kier molecular flexibility index (Phi) is 5.27. The van der Waals surface area contributed by atoms with Crippen molar-refractivity contribution >= 4 is 23.2 Å². The number of anilines is 2. The minimum Gasteiger partial charge on any atom is -0.368 e. The van der Waals surface area contributed by atoms with Crippen molar-refractivity contribution in [3.63, 3.8) is 0 Å². The maximum atomic E-state index is 5.85. The van der Waals surface area contributed by atoms with Gasteiger partial charge < -0.3 is 10.6 Å². The van der Waals surface area contributed by atoms with Gasteiger partial charge in [-0.05, 0) is 18.4 Å². The van der Waals surface area contributed by atoms with Gasteiger partial charge in [-0.15, -0.1) is 11.3 Å². The first-order valence-electron chi connectivity index (χ1n) is 8.20. The molecule has 2 aromatic heterocycles. The summed E-state index contributed by atoms with van der Waals surface area (Å²) in [7, 11) is 3.82. The number of nitrogen functional groups attached to an aromatic ring is 1. The highest BCUT2D eigenvalue weighted by molar-refractivity contribution is 7.09. The van der Waals surface area contributed by atoms with Crippen molar-refractivity contribution < 1.29 is 0 Å². The van der Waals surface area contributed by atoms with E-state index in [4.69, 9.17) is 5.73 Å². The van der Waals surface area contributed by atoms with Gasteiger partial charge in [0.05, 0.1) is 6.04 Å². The molecule has 1 atom stereocenters. The van der Waals surface area contributed by atoms with Crippen molar-refractivity contribution in [1.29, 1.82) is 0 Å². The molecule has 7 nitrogen and oxygen atoms in total. The Labute approximate surface area is 147 Å². The summed E-state index contributed by atoms with van der Waals surface area (Å²) in [6.45, 7) is 7.32. The lowest BCUT2D eigenvalue weighted by atomic mass is 10.2. The number of hydrogen-bond donors (Lipinski definition) is 1. The molecule has 0 amide bonds. The minimum absolute atomic E-state index is 0.137. The first kappa shape index (κ1) is 17.1. The van der Waals surface area contributed by atoms with Crippen molar-refractivity contribution in [2.24, 2.45) is 0 Å². The molecule has 3 rings (SSSR count). The lowest BCUT2D eigenvalue weighted by Gasteiger charge is -2.37. The third-order valence-electron chi connectivity index (χ3n) is 4.35.